The summed E-state index contributed by atoms with van der Waals surface area (Å²) in [5.74, 6) is -0.783. The molecule has 7 heteroatoms. The number of rotatable bonds is 3. The molecule has 0 aliphatic heterocycles. The molecule has 0 bridgehead atoms. The van der Waals surface area contributed by atoms with E-state index in [-0.39, 0.29) is 23.6 Å². The molecule has 0 fully saturated rings. The fourth-order valence-corrected chi connectivity index (χ4v) is 3.25. The summed E-state index contributed by atoms with van der Waals surface area (Å²) in [6.07, 6.45) is -0.0119. The number of amides is 1. The molecule has 1 amide bonds. The van der Waals surface area contributed by atoms with E-state index in [0.29, 0.717) is 16.2 Å². The molecule has 1 aromatic carbocycles. The van der Waals surface area contributed by atoms with Gasteiger partial charge in [0.1, 0.15) is 11.5 Å². The highest BCUT2D eigenvalue weighted by Crippen LogP contribution is 2.16. The second-order valence-corrected chi connectivity index (χ2v) is 6.06. The molecule has 0 aliphatic rings. The number of carbonyl (C=O) groups is 1. The van der Waals surface area contributed by atoms with Crippen molar-refractivity contribution in [3.8, 4) is 0 Å². The van der Waals surface area contributed by atoms with Crippen LogP contribution < -0.4 is 10.9 Å². The van der Waals surface area contributed by atoms with Crippen LogP contribution in [-0.2, 0) is 11.2 Å². The molecule has 0 radical (unpaired) electrons. The Labute approximate surface area is 135 Å². The molecular formula is C16H14FN3O2S. The van der Waals surface area contributed by atoms with Crippen molar-refractivity contribution in [1.29, 1.82) is 0 Å². The predicted molar refractivity (Wildman–Crippen MR) is 87.5 cm³/mol. The largest absolute Gasteiger partial charge is 0.320 e. The average Bonchev–Trinajstić information content (AvgIpc) is 2.84. The summed E-state index contributed by atoms with van der Waals surface area (Å²) in [6, 6.07) is 5.81. The molecule has 2 heterocycles. The first kappa shape index (κ1) is 15.4. The number of aryl methyl sites for hydroxylation is 2. The number of hydrogen-bond donors (Lipinski definition) is 1. The predicted octanol–water partition coefficient (Wildman–Crippen LogP) is 2.69. The maximum absolute atomic E-state index is 13.2. The van der Waals surface area contributed by atoms with Crippen LogP contribution in [0.15, 0.2) is 34.4 Å². The molecule has 118 valence electrons. The Morgan fingerprint density at radius 1 is 1.39 bits per heavy atom. The molecular weight excluding hydrogens is 317 g/mol. The second kappa shape index (κ2) is 5.92. The van der Waals surface area contributed by atoms with Gasteiger partial charge in [-0.2, -0.15) is 0 Å². The third kappa shape index (κ3) is 3.00. The van der Waals surface area contributed by atoms with Crippen molar-refractivity contribution in [2.24, 2.45) is 0 Å². The van der Waals surface area contributed by atoms with E-state index in [1.807, 2.05) is 5.38 Å². The summed E-state index contributed by atoms with van der Waals surface area (Å²) in [6.45, 7) is 3.48. The average molecular weight is 331 g/mol. The highest BCUT2D eigenvalue weighted by atomic mass is 32.1. The lowest BCUT2D eigenvalue weighted by atomic mass is 10.1. The van der Waals surface area contributed by atoms with Gasteiger partial charge in [0.2, 0.25) is 5.91 Å². The van der Waals surface area contributed by atoms with Crippen LogP contribution in [0, 0.1) is 19.7 Å². The normalized spacial score (nSPS) is 10.9. The molecule has 23 heavy (non-hydrogen) atoms. The quantitative estimate of drug-likeness (QED) is 0.802. The molecule has 5 nitrogen and oxygen atoms in total. The standard InChI is InChI=1S/C16H14FN3O2S/c1-9-8-23-16-18-10(2)14(15(22)20(9)16)19-13(21)7-11-4-3-5-12(17)6-11/h3-6,8H,7H2,1-2H3,(H,19,21). The number of halogens is 1. The fraction of sp³-hybridized carbons (Fsp3) is 0.188. The second-order valence-electron chi connectivity index (χ2n) is 5.23. The molecule has 0 saturated carbocycles. The molecule has 3 rings (SSSR count). The maximum Gasteiger partial charge on any atom is 0.282 e. The first-order chi connectivity index (χ1) is 11.0. The van der Waals surface area contributed by atoms with Gasteiger partial charge in [0.15, 0.2) is 4.96 Å². The number of fused-ring (bicyclic) bond motifs is 1. The van der Waals surface area contributed by atoms with Crippen molar-refractivity contribution >= 4 is 27.9 Å². The topological polar surface area (TPSA) is 63.5 Å². The van der Waals surface area contributed by atoms with Crippen molar-refractivity contribution in [2.75, 3.05) is 5.32 Å². The Balaban J connectivity index is 1.90. The molecule has 3 aromatic rings. The Morgan fingerprint density at radius 3 is 2.91 bits per heavy atom. The summed E-state index contributed by atoms with van der Waals surface area (Å²) in [4.78, 5) is 29.6. The third-order valence-corrected chi connectivity index (χ3v) is 4.38. The lowest BCUT2D eigenvalue weighted by Gasteiger charge is -2.08. The Hall–Kier alpha value is -2.54. The Kier molecular flexibility index (Phi) is 3.96. The van der Waals surface area contributed by atoms with Gasteiger partial charge in [0, 0.05) is 11.1 Å². The van der Waals surface area contributed by atoms with Gasteiger partial charge in [-0.25, -0.2) is 9.37 Å². The monoisotopic (exact) mass is 331 g/mol. The van der Waals surface area contributed by atoms with E-state index in [2.05, 4.69) is 10.3 Å². The van der Waals surface area contributed by atoms with Crippen molar-refractivity contribution in [3.05, 3.63) is 62.8 Å². The van der Waals surface area contributed by atoms with E-state index in [1.54, 1.807) is 26.0 Å². The number of thiazole rings is 1. The molecule has 0 spiro atoms. The van der Waals surface area contributed by atoms with Crippen molar-refractivity contribution in [2.45, 2.75) is 20.3 Å². The highest BCUT2D eigenvalue weighted by Gasteiger charge is 2.15. The van der Waals surface area contributed by atoms with Crippen LogP contribution in [0.4, 0.5) is 10.1 Å². The van der Waals surface area contributed by atoms with Crippen LogP contribution in [0.1, 0.15) is 17.0 Å². The van der Waals surface area contributed by atoms with E-state index in [0.717, 1.165) is 5.69 Å². The van der Waals surface area contributed by atoms with Crippen molar-refractivity contribution in [1.82, 2.24) is 9.38 Å². The summed E-state index contributed by atoms with van der Waals surface area (Å²) in [5, 5.41) is 4.44. The number of benzene rings is 1. The SMILES string of the molecule is Cc1nc2scc(C)n2c(=O)c1NC(=O)Cc1cccc(F)c1. The molecule has 0 unspecified atom stereocenters. The molecule has 2 aromatic heterocycles. The molecule has 0 aliphatic carbocycles. The molecule has 0 saturated heterocycles. The van der Waals surface area contributed by atoms with Crippen LogP contribution in [0.2, 0.25) is 0 Å². The highest BCUT2D eigenvalue weighted by molar-refractivity contribution is 7.15. The van der Waals surface area contributed by atoms with E-state index >= 15 is 0 Å². The van der Waals surface area contributed by atoms with E-state index in [1.165, 1.54) is 27.9 Å². The number of nitrogens with zero attached hydrogens (tertiary/aromatic N) is 2. The number of carbonyl (C=O) groups excluding carboxylic acids is 1. The Bertz CT molecular complexity index is 962. The Morgan fingerprint density at radius 2 is 2.17 bits per heavy atom. The number of hydrogen-bond acceptors (Lipinski definition) is 4. The zero-order valence-corrected chi connectivity index (χ0v) is 13.4. The van der Waals surface area contributed by atoms with Gasteiger partial charge in [-0.1, -0.05) is 12.1 Å². The lowest BCUT2D eigenvalue weighted by molar-refractivity contribution is -0.115. The summed E-state index contributed by atoms with van der Waals surface area (Å²) >= 11 is 1.37. The van der Waals surface area contributed by atoms with E-state index in [9.17, 15) is 14.0 Å². The van der Waals surface area contributed by atoms with Crippen molar-refractivity contribution < 1.29 is 9.18 Å². The van der Waals surface area contributed by atoms with Crippen LogP contribution in [-0.4, -0.2) is 15.3 Å². The van der Waals surface area contributed by atoms with Gasteiger partial charge < -0.3 is 5.32 Å². The van der Waals surface area contributed by atoms with Crippen LogP contribution in [0.25, 0.3) is 4.96 Å². The van der Waals surface area contributed by atoms with Gasteiger partial charge in [-0.3, -0.25) is 14.0 Å². The van der Waals surface area contributed by atoms with E-state index in [4.69, 9.17) is 0 Å². The van der Waals surface area contributed by atoms with Crippen molar-refractivity contribution in [3.63, 3.8) is 0 Å². The van der Waals surface area contributed by atoms with Gasteiger partial charge in [0.05, 0.1) is 12.1 Å². The minimum atomic E-state index is -0.400. The summed E-state index contributed by atoms with van der Waals surface area (Å²) in [7, 11) is 0. The van der Waals surface area contributed by atoms with Crippen LogP contribution >= 0.6 is 11.3 Å². The number of nitrogens with one attached hydrogen (secondary N) is 1. The zero-order chi connectivity index (χ0) is 16.6. The van der Waals surface area contributed by atoms with Gasteiger partial charge in [-0.15, -0.1) is 11.3 Å². The van der Waals surface area contributed by atoms with Gasteiger partial charge in [0.25, 0.3) is 5.56 Å². The van der Waals surface area contributed by atoms with Gasteiger partial charge >= 0.3 is 0 Å². The third-order valence-electron chi connectivity index (χ3n) is 3.44. The zero-order valence-electron chi connectivity index (χ0n) is 12.6. The van der Waals surface area contributed by atoms with Crippen LogP contribution in [0.3, 0.4) is 0 Å². The number of anilines is 1. The lowest BCUT2D eigenvalue weighted by Crippen LogP contribution is -2.25. The maximum atomic E-state index is 13.2. The minimum absolute atomic E-state index is 0.0119. The van der Waals surface area contributed by atoms with Gasteiger partial charge in [-0.05, 0) is 31.5 Å². The number of aromatic nitrogens is 2. The first-order valence-electron chi connectivity index (χ1n) is 6.97. The summed E-state index contributed by atoms with van der Waals surface area (Å²) < 4.78 is 14.6. The smallest absolute Gasteiger partial charge is 0.282 e. The first-order valence-corrected chi connectivity index (χ1v) is 7.85. The molecule has 0 atom stereocenters. The fourth-order valence-electron chi connectivity index (χ4n) is 2.34. The molecule has 1 N–H and O–H groups in total. The minimum Gasteiger partial charge on any atom is -0.320 e. The van der Waals surface area contributed by atoms with Crippen LogP contribution in [0.5, 0.6) is 0 Å². The summed E-state index contributed by atoms with van der Waals surface area (Å²) in [5.41, 5.74) is 1.62. The van der Waals surface area contributed by atoms with E-state index < -0.39 is 5.82 Å².